The summed E-state index contributed by atoms with van der Waals surface area (Å²) in [5.74, 6) is -0.380. The van der Waals surface area contributed by atoms with Gasteiger partial charge in [-0.3, -0.25) is 4.79 Å². The van der Waals surface area contributed by atoms with Gasteiger partial charge in [-0.05, 0) is 35.9 Å². The predicted octanol–water partition coefficient (Wildman–Crippen LogP) is 2.86. The number of nitrogens with one attached hydrogen (secondary N) is 1. The zero-order chi connectivity index (χ0) is 17.3. The zero-order valence-corrected chi connectivity index (χ0v) is 14.8. The number of sulfonamides is 1. The molecule has 1 aliphatic heterocycles. The molecule has 1 aliphatic rings. The molecule has 3 rings (SSSR count). The second-order valence-electron chi connectivity index (χ2n) is 5.32. The second-order valence-corrected chi connectivity index (χ2v) is 8.09. The molecule has 0 radical (unpaired) electrons. The number of carbonyl (C=O) groups is 1. The topological polar surface area (TPSA) is 66.5 Å². The number of rotatable bonds is 3. The van der Waals surface area contributed by atoms with Crippen LogP contribution in [0.1, 0.15) is 11.6 Å². The smallest absolute Gasteiger partial charge is 0.244 e. The van der Waals surface area contributed by atoms with E-state index in [-0.39, 0.29) is 23.9 Å². The van der Waals surface area contributed by atoms with Crippen LogP contribution in [-0.2, 0) is 14.8 Å². The molecular formula is C16H14Cl2N2O3S. The molecular weight excluding hydrogens is 371 g/mol. The third-order valence-corrected chi connectivity index (χ3v) is 6.07. The van der Waals surface area contributed by atoms with Crippen LogP contribution in [0.5, 0.6) is 0 Å². The van der Waals surface area contributed by atoms with Crippen LogP contribution < -0.4 is 5.32 Å². The van der Waals surface area contributed by atoms with Crippen LogP contribution in [0.2, 0.25) is 10.0 Å². The SMILES string of the molecule is O=C1NCCN(S(=O)(=O)c2cccc(Cl)c2)C1c1cccc(Cl)c1. The standard InChI is InChI=1S/C16H14Cl2N2O3S/c17-12-4-1-3-11(9-12)15-16(21)19-7-8-20(15)24(22,23)14-6-2-5-13(18)10-14/h1-6,9-10,15H,7-8H2,(H,19,21). The van der Waals surface area contributed by atoms with E-state index in [2.05, 4.69) is 5.32 Å². The van der Waals surface area contributed by atoms with Crippen molar-refractivity contribution in [2.75, 3.05) is 13.1 Å². The highest BCUT2D eigenvalue weighted by Gasteiger charge is 2.39. The summed E-state index contributed by atoms with van der Waals surface area (Å²) in [6.07, 6.45) is 0. The van der Waals surface area contributed by atoms with Gasteiger partial charge in [0.15, 0.2) is 0 Å². The van der Waals surface area contributed by atoms with E-state index in [1.54, 1.807) is 36.4 Å². The van der Waals surface area contributed by atoms with E-state index < -0.39 is 16.1 Å². The van der Waals surface area contributed by atoms with Crippen molar-refractivity contribution in [2.24, 2.45) is 0 Å². The Morgan fingerprint density at radius 3 is 2.38 bits per heavy atom. The van der Waals surface area contributed by atoms with Crippen LogP contribution in [0.3, 0.4) is 0 Å². The molecule has 5 nitrogen and oxygen atoms in total. The van der Waals surface area contributed by atoms with E-state index in [1.165, 1.54) is 16.4 Å². The molecule has 2 aromatic rings. The molecule has 126 valence electrons. The van der Waals surface area contributed by atoms with E-state index in [0.717, 1.165) is 0 Å². The fraction of sp³-hybridized carbons (Fsp3) is 0.188. The molecule has 2 aromatic carbocycles. The Hall–Kier alpha value is -1.60. The second kappa shape index (κ2) is 6.72. The maximum absolute atomic E-state index is 13.0. The van der Waals surface area contributed by atoms with Gasteiger partial charge in [-0.2, -0.15) is 4.31 Å². The molecule has 1 atom stereocenters. The van der Waals surface area contributed by atoms with Gasteiger partial charge in [0.2, 0.25) is 15.9 Å². The number of benzene rings is 2. The van der Waals surface area contributed by atoms with E-state index >= 15 is 0 Å². The number of amides is 1. The Balaban J connectivity index is 2.08. The summed E-state index contributed by atoms with van der Waals surface area (Å²) in [6, 6.07) is 11.7. The normalized spacial score (nSPS) is 19.1. The summed E-state index contributed by atoms with van der Waals surface area (Å²) in [5.41, 5.74) is 0.519. The highest BCUT2D eigenvalue weighted by Crippen LogP contribution is 2.31. The largest absolute Gasteiger partial charge is 0.353 e. The van der Waals surface area contributed by atoms with Crippen LogP contribution >= 0.6 is 23.2 Å². The van der Waals surface area contributed by atoms with Crippen molar-refractivity contribution in [1.29, 1.82) is 0 Å². The third-order valence-electron chi connectivity index (χ3n) is 3.73. The molecule has 0 aliphatic carbocycles. The molecule has 1 N–H and O–H groups in total. The monoisotopic (exact) mass is 384 g/mol. The average molecular weight is 385 g/mol. The van der Waals surface area contributed by atoms with Gasteiger partial charge in [0.1, 0.15) is 6.04 Å². The number of piperazine rings is 1. The highest BCUT2D eigenvalue weighted by molar-refractivity contribution is 7.89. The molecule has 8 heteroatoms. The Morgan fingerprint density at radius 1 is 1.04 bits per heavy atom. The van der Waals surface area contributed by atoms with E-state index in [9.17, 15) is 13.2 Å². The lowest BCUT2D eigenvalue weighted by Gasteiger charge is -2.34. The first-order chi connectivity index (χ1) is 11.4. The molecule has 1 heterocycles. The molecule has 1 fully saturated rings. The van der Waals surface area contributed by atoms with Crippen LogP contribution in [0.15, 0.2) is 53.4 Å². The van der Waals surface area contributed by atoms with Gasteiger partial charge in [0.05, 0.1) is 4.90 Å². The first kappa shape index (κ1) is 17.2. The molecule has 0 bridgehead atoms. The summed E-state index contributed by atoms with van der Waals surface area (Å²) in [4.78, 5) is 12.4. The van der Waals surface area contributed by atoms with Gasteiger partial charge >= 0.3 is 0 Å². The molecule has 1 amide bonds. The Kier molecular flexibility index (Phi) is 4.83. The lowest BCUT2D eigenvalue weighted by atomic mass is 10.0. The van der Waals surface area contributed by atoms with Crippen molar-refractivity contribution in [2.45, 2.75) is 10.9 Å². The Labute approximate surface area is 150 Å². The van der Waals surface area contributed by atoms with Crippen LogP contribution in [-0.4, -0.2) is 31.7 Å². The maximum atomic E-state index is 13.0. The third kappa shape index (κ3) is 3.28. The van der Waals surface area contributed by atoms with E-state index in [0.29, 0.717) is 15.6 Å². The first-order valence-corrected chi connectivity index (χ1v) is 9.40. The number of carbonyl (C=O) groups excluding carboxylic acids is 1. The minimum Gasteiger partial charge on any atom is -0.353 e. The van der Waals surface area contributed by atoms with Crippen LogP contribution in [0, 0.1) is 0 Å². The summed E-state index contributed by atoms with van der Waals surface area (Å²) >= 11 is 11.9. The summed E-state index contributed by atoms with van der Waals surface area (Å²) in [7, 11) is -3.88. The van der Waals surface area contributed by atoms with Crippen LogP contribution in [0.25, 0.3) is 0 Å². The highest BCUT2D eigenvalue weighted by atomic mass is 35.5. The minimum absolute atomic E-state index is 0.0525. The number of hydrogen-bond acceptors (Lipinski definition) is 3. The Bertz CT molecular complexity index is 886. The van der Waals surface area contributed by atoms with Gasteiger partial charge in [0.25, 0.3) is 0 Å². The van der Waals surface area contributed by atoms with Gasteiger partial charge in [-0.15, -0.1) is 0 Å². The van der Waals surface area contributed by atoms with Crippen molar-refractivity contribution in [3.8, 4) is 0 Å². The van der Waals surface area contributed by atoms with Gasteiger partial charge in [-0.1, -0.05) is 41.4 Å². The van der Waals surface area contributed by atoms with Crippen molar-refractivity contribution in [1.82, 2.24) is 9.62 Å². The summed E-state index contributed by atoms with van der Waals surface area (Å²) in [5, 5.41) is 3.45. The molecule has 24 heavy (non-hydrogen) atoms. The molecule has 0 aromatic heterocycles. The average Bonchev–Trinajstić information content (AvgIpc) is 2.54. The van der Waals surface area contributed by atoms with Crippen molar-refractivity contribution in [3.63, 3.8) is 0 Å². The van der Waals surface area contributed by atoms with E-state index in [1.807, 2.05) is 0 Å². The number of hydrogen-bond donors (Lipinski definition) is 1. The number of halogens is 2. The van der Waals surface area contributed by atoms with Crippen molar-refractivity contribution in [3.05, 3.63) is 64.1 Å². The maximum Gasteiger partial charge on any atom is 0.244 e. The summed E-state index contributed by atoms with van der Waals surface area (Å²) < 4.78 is 27.2. The van der Waals surface area contributed by atoms with Crippen molar-refractivity contribution < 1.29 is 13.2 Å². The molecule has 0 saturated carbocycles. The quantitative estimate of drug-likeness (QED) is 0.884. The molecule has 1 unspecified atom stereocenters. The minimum atomic E-state index is -3.88. The Morgan fingerprint density at radius 2 is 1.71 bits per heavy atom. The lowest BCUT2D eigenvalue weighted by molar-refractivity contribution is -0.126. The number of nitrogens with zero attached hydrogens (tertiary/aromatic N) is 1. The van der Waals surface area contributed by atoms with E-state index in [4.69, 9.17) is 23.2 Å². The van der Waals surface area contributed by atoms with Crippen LogP contribution in [0.4, 0.5) is 0 Å². The predicted molar refractivity (Wildman–Crippen MR) is 92.5 cm³/mol. The molecule has 0 spiro atoms. The van der Waals surface area contributed by atoms with Gasteiger partial charge in [-0.25, -0.2) is 8.42 Å². The fourth-order valence-electron chi connectivity index (χ4n) is 2.66. The summed E-state index contributed by atoms with van der Waals surface area (Å²) in [6.45, 7) is 0.410. The zero-order valence-electron chi connectivity index (χ0n) is 12.4. The lowest BCUT2D eigenvalue weighted by Crippen LogP contribution is -2.52. The van der Waals surface area contributed by atoms with Gasteiger partial charge < -0.3 is 5.32 Å². The van der Waals surface area contributed by atoms with Gasteiger partial charge in [0, 0.05) is 23.1 Å². The fourth-order valence-corrected chi connectivity index (χ4v) is 4.74. The first-order valence-electron chi connectivity index (χ1n) is 7.20. The molecule has 1 saturated heterocycles. The van der Waals surface area contributed by atoms with Crippen molar-refractivity contribution >= 4 is 39.1 Å².